The second-order valence-electron chi connectivity index (χ2n) is 6.97. The van der Waals surface area contributed by atoms with Crippen LogP contribution in [0.3, 0.4) is 0 Å². The van der Waals surface area contributed by atoms with Gasteiger partial charge in [-0.1, -0.05) is 11.6 Å². The van der Waals surface area contributed by atoms with E-state index in [2.05, 4.69) is 20.5 Å². The minimum absolute atomic E-state index is 0.317. The van der Waals surface area contributed by atoms with Crippen LogP contribution in [-0.4, -0.2) is 30.5 Å². The van der Waals surface area contributed by atoms with Gasteiger partial charge in [0.1, 0.15) is 18.5 Å². The third kappa shape index (κ3) is 3.25. The fraction of sp³-hybridized carbons (Fsp3) is 0.143. The molecule has 150 valence electrons. The van der Waals surface area contributed by atoms with Crippen LogP contribution >= 0.6 is 11.6 Å². The number of benzene rings is 2. The Balaban J connectivity index is 1.52. The maximum absolute atomic E-state index is 13.3. The van der Waals surface area contributed by atoms with Crippen molar-refractivity contribution in [3.05, 3.63) is 82.9 Å². The molecule has 2 aromatic carbocycles. The average molecular weight is 423 g/mol. The minimum atomic E-state index is -0.336. The van der Waals surface area contributed by atoms with Crippen molar-refractivity contribution in [2.75, 3.05) is 5.32 Å². The lowest BCUT2D eigenvalue weighted by molar-refractivity contribution is 0.102. The topological polar surface area (TPSA) is 77.6 Å². The lowest BCUT2D eigenvalue weighted by atomic mass is 10.2. The first-order valence-corrected chi connectivity index (χ1v) is 9.80. The summed E-state index contributed by atoms with van der Waals surface area (Å²) < 4.78 is 16.6. The zero-order chi connectivity index (χ0) is 20.7. The van der Waals surface area contributed by atoms with E-state index in [-0.39, 0.29) is 11.7 Å². The first kappa shape index (κ1) is 18.5. The van der Waals surface area contributed by atoms with Crippen molar-refractivity contribution in [1.29, 1.82) is 0 Å². The quantitative estimate of drug-likeness (QED) is 0.539. The highest BCUT2D eigenvalue weighted by Gasteiger charge is 2.27. The Labute approximate surface area is 176 Å². The summed E-state index contributed by atoms with van der Waals surface area (Å²) in [4.78, 5) is 17.1. The fourth-order valence-electron chi connectivity index (χ4n) is 3.74. The van der Waals surface area contributed by atoms with Crippen LogP contribution in [0.2, 0.25) is 5.02 Å². The van der Waals surface area contributed by atoms with Gasteiger partial charge in [-0.05, 0) is 61.7 Å². The van der Waals surface area contributed by atoms with Crippen molar-refractivity contribution in [3.8, 4) is 11.4 Å². The number of anilines is 1. The maximum Gasteiger partial charge on any atom is 0.276 e. The number of amides is 1. The van der Waals surface area contributed by atoms with Gasteiger partial charge in [0.25, 0.3) is 5.91 Å². The summed E-state index contributed by atoms with van der Waals surface area (Å²) in [6.45, 7) is 0. The predicted molar refractivity (Wildman–Crippen MR) is 110 cm³/mol. The molecule has 2 aromatic heterocycles. The van der Waals surface area contributed by atoms with Crippen LogP contribution in [0.25, 0.3) is 11.4 Å². The van der Waals surface area contributed by atoms with E-state index >= 15 is 0 Å². The molecule has 30 heavy (non-hydrogen) atoms. The van der Waals surface area contributed by atoms with Crippen molar-refractivity contribution >= 4 is 23.2 Å². The van der Waals surface area contributed by atoms with E-state index < -0.39 is 0 Å². The first-order chi connectivity index (χ1) is 14.6. The summed E-state index contributed by atoms with van der Waals surface area (Å²) in [5.74, 6) is -0.653. The van der Waals surface area contributed by atoms with Gasteiger partial charge < -0.3 is 5.32 Å². The van der Waals surface area contributed by atoms with Gasteiger partial charge in [0, 0.05) is 16.3 Å². The Kier molecular flexibility index (Phi) is 4.55. The standard InChI is InChI=1S/C21H16ClFN6O/c22-13-4-9-19(28-12-24-11-25-28)17(10-13)26-21(30)20-16-2-1-3-18(16)29(27-20)15-7-5-14(23)6-8-15/h4-12H,1-3H2,(H,26,30). The third-order valence-corrected chi connectivity index (χ3v) is 5.32. The number of nitrogens with zero attached hydrogens (tertiary/aromatic N) is 5. The van der Waals surface area contributed by atoms with E-state index in [9.17, 15) is 9.18 Å². The van der Waals surface area contributed by atoms with Crippen molar-refractivity contribution < 1.29 is 9.18 Å². The number of rotatable bonds is 4. The number of hydrogen-bond donors (Lipinski definition) is 1. The van der Waals surface area contributed by atoms with Crippen LogP contribution in [0, 0.1) is 5.82 Å². The van der Waals surface area contributed by atoms with Gasteiger partial charge in [-0.3, -0.25) is 4.79 Å². The molecule has 9 heteroatoms. The zero-order valence-electron chi connectivity index (χ0n) is 15.7. The molecule has 0 unspecified atom stereocenters. The van der Waals surface area contributed by atoms with E-state index in [1.165, 1.54) is 18.5 Å². The Morgan fingerprint density at radius 2 is 1.97 bits per heavy atom. The number of hydrogen-bond acceptors (Lipinski definition) is 4. The van der Waals surface area contributed by atoms with Gasteiger partial charge in [0.05, 0.1) is 17.1 Å². The van der Waals surface area contributed by atoms with Crippen LogP contribution in [-0.2, 0) is 12.8 Å². The molecule has 5 rings (SSSR count). The van der Waals surface area contributed by atoms with Crippen LogP contribution in [0.5, 0.6) is 0 Å². The van der Waals surface area contributed by atoms with Gasteiger partial charge >= 0.3 is 0 Å². The van der Waals surface area contributed by atoms with Crippen LogP contribution in [0.1, 0.15) is 28.2 Å². The highest BCUT2D eigenvalue weighted by molar-refractivity contribution is 6.31. The zero-order valence-corrected chi connectivity index (χ0v) is 16.5. The minimum Gasteiger partial charge on any atom is -0.319 e. The Morgan fingerprint density at radius 1 is 1.13 bits per heavy atom. The van der Waals surface area contributed by atoms with Gasteiger partial charge in [-0.15, -0.1) is 0 Å². The molecule has 1 aliphatic carbocycles. The molecule has 0 bridgehead atoms. The molecule has 0 atom stereocenters. The third-order valence-electron chi connectivity index (χ3n) is 5.09. The number of aromatic nitrogens is 5. The number of nitrogens with one attached hydrogen (secondary N) is 1. The smallest absolute Gasteiger partial charge is 0.276 e. The molecule has 0 radical (unpaired) electrons. The van der Waals surface area contributed by atoms with E-state index in [0.29, 0.717) is 22.1 Å². The lowest BCUT2D eigenvalue weighted by Gasteiger charge is -2.11. The first-order valence-electron chi connectivity index (χ1n) is 9.43. The summed E-state index contributed by atoms with van der Waals surface area (Å²) in [5, 5.41) is 12.1. The Hall–Kier alpha value is -3.52. The lowest BCUT2D eigenvalue weighted by Crippen LogP contribution is -2.16. The van der Waals surface area contributed by atoms with E-state index in [1.807, 2.05) is 0 Å². The summed E-state index contributed by atoms with van der Waals surface area (Å²) >= 11 is 6.15. The molecule has 7 nitrogen and oxygen atoms in total. The molecule has 1 aliphatic rings. The summed E-state index contributed by atoms with van der Waals surface area (Å²) in [6, 6.07) is 11.2. The number of halogens is 2. The van der Waals surface area contributed by atoms with Gasteiger partial charge in [0.15, 0.2) is 5.69 Å². The summed E-state index contributed by atoms with van der Waals surface area (Å²) in [6.07, 6.45) is 5.48. The highest BCUT2D eigenvalue weighted by Crippen LogP contribution is 2.30. The molecule has 1 N–H and O–H groups in total. The summed E-state index contributed by atoms with van der Waals surface area (Å²) in [7, 11) is 0. The van der Waals surface area contributed by atoms with Crippen LogP contribution in [0.4, 0.5) is 10.1 Å². The normalized spacial score (nSPS) is 12.7. The molecule has 0 aliphatic heterocycles. The second kappa shape index (κ2) is 7.38. The van der Waals surface area contributed by atoms with Gasteiger partial charge in [-0.25, -0.2) is 18.7 Å². The maximum atomic E-state index is 13.3. The molecule has 4 aromatic rings. The van der Waals surface area contributed by atoms with Crippen LogP contribution in [0.15, 0.2) is 55.1 Å². The van der Waals surface area contributed by atoms with Crippen molar-refractivity contribution in [1.82, 2.24) is 24.5 Å². The second-order valence-corrected chi connectivity index (χ2v) is 7.41. The molecule has 0 saturated heterocycles. The Morgan fingerprint density at radius 3 is 2.73 bits per heavy atom. The van der Waals surface area contributed by atoms with Crippen molar-refractivity contribution in [2.24, 2.45) is 0 Å². The van der Waals surface area contributed by atoms with E-state index in [4.69, 9.17) is 11.6 Å². The molecular weight excluding hydrogens is 407 g/mol. The van der Waals surface area contributed by atoms with E-state index in [0.717, 1.165) is 36.2 Å². The van der Waals surface area contributed by atoms with Crippen LogP contribution < -0.4 is 5.32 Å². The monoisotopic (exact) mass is 422 g/mol. The fourth-order valence-corrected chi connectivity index (χ4v) is 3.91. The predicted octanol–water partition coefficient (Wildman–Crippen LogP) is 3.99. The Bertz CT molecular complexity index is 1230. The number of carbonyl (C=O) groups excluding carboxylic acids is 1. The number of carbonyl (C=O) groups is 1. The number of fused-ring (bicyclic) bond motifs is 1. The van der Waals surface area contributed by atoms with E-state index in [1.54, 1.807) is 46.0 Å². The summed E-state index contributed by atoms with van der Waals surface area (Å²) in [5.41, 5.74) is 4.12. The molecule has 0 spiro atoms. The largest absolute Gasteiger partial charge is 0.319 e. The molecule has 0 fully saturated rings. The molecule has 2 heterocycles. The van der Waals surface area contributed by atoms with Crippen molar-refractivity contribution in [3.63, 3.8) is 0 Å². The molecule has 1 amide bonds. The molecule has 0 saturated carbocycles. The van der Waals surface area contributed by atoms with Gasteiger partial charge in [-0.2, -0.15) is 10.2 Å². The highest BCUT2D eigenvalue weighted by atomic mass is 35.5. The van der Waals surface area contributed by atoms with Crippen molar-refractivity contribution in [2.45, 2.75) is 19.3 Å². The average Bonchev–Trinajstić information content (AvgIpc) is 3.47. The van der Waals surface area contributed by atoms with Gasteiger partial charge in [0.2, 0.25) is 0 Å². The SMILES string of the molecule is O=C(Nc1cc(Cl)ccc1-n1cncn1)c1nn(-c2ccc(F)cc2)c2c1CCC2. The molecular formula is C21H16ClFN6O.